The van der Waals surface area contributed by atoms with Crippen LogP contribution in [0, 0.1) is 5.82 Å². The van der Waals surface area contributed by atoms with Gasteiger partial charge in [-0.25, -0.2) is 4.39 Å². The van der Waals surface area contributed by atoms with Crippen LogP contribution in [0.25, 0.3) is 0 Å². The predicted molar refractivity (Wildman–Crippen MR) is 94.7 cm³/mol. The molecule has 3 rings (SSSR count). The van der Waals surface area contributed by atoms with Crippen LogP contribution in [0.1, 0.15) is 29.6 Å². The van der Waals surface area contributed by atoms with Crippen molar-refractivity contribution < 1.29 is 28.6 Å². The molecule has 2 amide bonds. The molecule has 2 fully saturated rings. The molecule has 2 saturated heterocycles. The molecule has 0 aromatic heterocycles. The summed E-state index contributed by atoms with van der Waals surface area (Å²) in [6, 6.07) is 5.04. The number of nitrogens with one attached hydrogen (secondary N) is 1. The van der Waals surface area contributed by atoms with Crippen molar-refractivity contribution in [2.24, 2.45) is 0 Å². The summed E-state index contributed by atoms with van der Waals surface area (Å²) in [7, 11) is 0. The van der Waals surface area contributed by atoms with E-state index in [2.05, 4.69) is 5.32 Å². The van der Waals surface area contributed by atoms with Crippen LogP contribution in [0.15, 0.2) is 24.3 Å². The zero-order valence-corrected chi connectivity index (χ0v) is 15.1. The van der Waals surface area contributed by atoms with Gasteiger partial charge in [-0.2, -0.15) is 0 Å². The normalized spacial score (nSPS) is 25.9. The first-order chi connectivity index (χ1) is 13.1. The second-order valence-electron chi connectivity index (χ2n) is 6.84. The van der Waals surface area contributed by atoms with Crippen LogP contribution in [-0.4, -0.2) is 73.0 Å². The van der Waals surface area contributed by atoms with Crippen LogP contribution in [0.5, 0.6) is 0 Å². The highest BCUT2D eigenvalue weighted by Crippen LogP contribution is 2.23. The molecular weight excluding hydrogens is 355 g/mol. The first-order valence-electron chi connectivity index (χ1n) is 9.25. The summed E-state index contributed by atoms with van der Waals surface area (Å²) in [5.74, 6) is -0.880. The molecule has 2 heterocycles. The largest absolute Gasteiger partial charge is 0.394 e. The zero-order chi connectivity index (χ0) is 19.2. The molecule has 0 radical (unpaired) electrons. The van der Waals surface area contributed by atoms with Gasteiger partial charge >= 0.3 is 0 Å². The third-order valence-corrected chi connectivity index (χ3v) is 4.96. The van der Waals surface area contributed by atoms with Gasteiger partial charge < -0.3 is 24.8 Å². The lowest BCUT2D eigenvalue weighted by atomic mass is 9.96. The van der Waals surface area contributed by atoms with Gasteiger partial charge in [-0.15, -0.1) is 0 Å². The maximum atomic E-state index is 13.3. The van der Waals surface area contributed by atoms with Crippen LogP contribution in [0.4, 0.5) is 4.39 Å². The summed E-state index contributed by atoms with van der Waals surface area (Å²) >= 11 is 0. The molecule has 3 atom stereocenters. The second-order valence-corrected chi connectivity index (χ2v) is 6.84. The highest BCUT2D eigenvalue weighted by molar-refractivity contribution is 5.94. The summed E-state index contributed by atoms with van der Waals surface area (Å²) in [5, 5.41) is 12.4. The lowest BCUT2D eigenvalue weighted by Crippen LogP contribution is -2.52. The molecule has 1 aromatic rings. The monoisotopic (exact) mass is 380 g/mol. The fourth-order valence-corrected chi connectivity index (χ4v) is 3.47. The molecule has 0 saturated carbocycles. The van der Waals surface area contributed by atoms with Gasteiger partial charge in [-0.05, 0) is 31.0 Å². The Kier molecular flexibility index (Phi) is 6.76. The number of amides is 2. The number of halogens is 1. The van der Waals surface area contributed by atoms with Gasteiger partial charge in [0.15, 0.2) is 0 Å². The molecule has 0 bridgehead atoms. The van der Waals surface area contributed by atoms with Crippen molar-refractivity contribution in [2.75, 3.05) is 32.9 Å². The van der Waals surface area contributed by atoms with Gasteiger partial charge in [0, 0.05) is 18.7 Å². The quantitative estimate of drug-likeness (QED) is 0.786. The first-order valence-corrected chi connectivity index (χ1v) is 9.25. The Morgan fingerprint density at radius 3 is 2.74 bits per heavy atom. The van der Waals surface area contributed by atoms with Crippen LogP contribution in [0.2, 0.25) is 0 Å². The Morgan fingerprint density at radius 1 is 1.26 bits per heavy atom. The Morgan fingerprint density at radius 2 is 2.04 bits per heavy atom. The van der Waals surface area contributed by atoms with E-state index in [4.69, 9.17) is 9.47 Å². The summed E-state index contributed by atoms with van der Waals surface area (Å²) in [6.07, 6.45) is 0.535. The topological polar surface area (TPSA) is 88.1 Å². The fourth-order valence-electron chi connectivity index (χ4n) is 3.47. The summed E-state index contributed by atoms with van der Waals surface area (Å²) in [6.45, 7) is 1.99. The summed E-state index contributed by atoms with van der Waals surface area (Å²) < 4.78 is 24.4. The SMILES string of the molecule is O=C(N[C@@H]1CC[C@H](CC(=O)N2CCOCC2)O[C@H]1CO)c1cccc(F)c1. The van der Waals surface area contributed by atoms with E-state index in [-0.39, 0.29) is 36.6 Å². The van der Waals surface area contributed by atoms with Crippen LogP contribution in [-0.2, 0) is 14.3 Å². The predicted octanol–water partition coefficient (Wildman–Crippen LogP) is 0.713. The van der Waals surface area contributed by atoms with Crippen molar-refractivity contribution in [3.8, 4) is 0 Å². The lowest BCUT2D eigenvalue weighted by Gasteiger charge is -2.37. The Balaban J connectivity index is 1.53. The molecule has 27 heavy (non-hydrogen) atoms. The first kappa shape index (κ1) is 19.7. The van der Waals surface area contributed by atoms with Gasteiger partial charge in [-0.1, -0.05) is 6.07 Å². The van der Waals surface area contributed by atoms with Crippen LogP contribution in [0.3, 0.4) is 0 Å². The Bertz CT molecular complexity index is 665. The van der Waals surface area contributed by atoms with Crippen molar-refractivity contribution in [1.29, 1.82) is 0 Å². The maximum Gasteiger partial charge on any atom is 0.251 e. The summed E-state index contributed by atoms with van der Waals surface area (Å²) in [5.41, 5.74) is 0.219. The van der Waals surface area contributed by atoms with Gasteiger partial charge in [0.1, 0.15) is 11.9 Å². The van der Waals surface area contributed by atoms with Gasteiger partial charge in [0.25, 0.3) is 5.91 Å². The van der Waals surface area contributed by atoms with E-state index in [0.717, 1.165) is 6.07 Å². The number of hydrogen-bond acceptors (Lipinski definition) is 5. The van der Waals surface area contributed by atoms with Crippen molar-refractivity contribution in [1.82, 2.24) is 10.2 Å². The average Bonchev–Trinajstić information content (AvgIpc) is 2.69. The summed E-state index contributed by atoms with van der Waals surface area (Å²) in [4.78, 5) is 26.4. The maximum absolute atomic E-state index is 13.3. The minimum absolute atomic E-state index is 0.0160. The van der Waals surface area contributed by atoms with Gasteiger partial charge in [-0.3, -0.25) is 9.59 Å². The van der Waals surface area contributed by atoms with E-state index >= 15 is 0 Å². The van der Waals surface area contributed by atoms with Crippen molar-refractivity contribution in [3.63, 3.8) is 0 Å². The van der Waals surface area contributed by atoms with E-state index in [1.165, 1.54) is 18.2 Å². The Hall–Kier alpha value is -2.03. The number of carbonyl (C=O) groups excluding carboxylic acids is 2. The number of aliphatic hydroxyl groups excluding tert-OH is 1. The van der Waals surface area contributed by atoms with Gasteiger partial charge in [0.2, 0.25) is 5.91 Å². The number of ether oxygens (including phenoxy) is 2. The van der Waals surface area contributed by atoms with E-state index in [9.17, 15) is 19.1 Å². The number of morpholine rings is 1. The van der Waals surface area contributed by atoms with Crippen molar-refractivity contribution >= 4 is 11.8 Å². The van der Waals surface area contributed by atoms with Crippen LogP contribution < -0.4 is 5.32 Å². The third kappa shape index (κ3) is 5.24. The smallest absolute Gasteiger partial charge is 0.251 e. The Labute approximate surface area is 157 Å². The molecular formula is C19H25FN2O5. The fraction of sp³-hybridized carbons (Fsp3) is 0.579. The molecule has 0 spiro atoms. The second kappa shape index (κ2) is 9.25. The molecule has 0 aliphatic carbocycles. The van der Waals surface area contributed by atoms with E-state index in [1.54, 1.807) is 4.90 Å². The minimum atomic E-state index is -0.598. The highest BCUT2D eigenvalue weighted by Gasteiger charge is 2.34. The van der Waals surface area contributed by atoms with Gasteiger partial charge in [0.05, 0.1) is 38.4 Å². The number of nitrogens with zero attached hydrogens (tertiary/aromatic N) is 1. The van der Waals surface area contributed by atoms with Crippen molar-refractivity contribution in [3.05, 3.63) is 35.6 Å². The lowest BCUT2D eigenvalue weighted by molar-refractivity contribution is -0.143. The molecule has 148 valence electrons. The molecule has 0 unspecified atom stereocenters. The number of aliphatic hydroxyl groups is 1. The minimum Gasteiger partial charge on any atom is -0.394 e. The molecule has 8 heteroatoms. The van der Waals surface area contributed by atoms with Crippen LogP contribution >= 0.6 is 0 Å². The zero-order valence-electron chi connectivity index (χ0n) is 15.1. The number of rotatable bonds is 5. The highest BCUT2D eigenvalue weighted by atomic mass is 19.1. The number of benzene rings is 1. The van der Waals surface area contributed by atoms with E-state index < -0.39 is 17.8 Å². The standard InChI is InChI=1S/C19H25FN2O5/c20-14-3-1-2-13(10-14)19(25)21-16-5-4-15(27-17(16)12-23)11-18(24)22-6-8-26-9-7-22/h1-3,10,15-17,23H,4-9,11-12H2,(H,21,25)/t15-,16-,17+/m1/s1. The molecule has 7 nitrogen and oxygen atoms in total. The average molecular weight is 380 g/mol. The van der Waals surface area contributed by atoms with Crippen molar-refractivity contribution in [2.45, 2.75) is 37.5 Å². The number of hydrogen-bond donors (Lipinski definition) is 2. The molecule has 2 aliphatic heterocycles. The van der Waals surface area contributed by atoms with E-state index in [0.29, 0.717) is 39.1 Å². The number of carbonyl (C=O) groups is 2. The molecule has 1 aromatic carbocycles. The molecule has 2 aliphatic rings. The van der Waals surface area contributed by atoms with E-state index in [1.807, 2.05) is 0 Å². The third-order valence-electron chi connectivity index (χ3n) is 4.96. The molecule has 2 N–H and O–H groups in total.